The van der Waals surface area contributed by atoms with Crippen molar-refractivity contribution in [3.05, 3.63) is 176 Å². The van der Waals surface area contributed by atoms with Crippen molar-refractivity contribution in [1.82, 2.24) is 0 Å². The Labute approximate surface area is 267 Å². The van der Waals surface area contributed by atoms with Gasteiger partial charge in [-0.05, 0) is 63.0 Å². The number of hydrogen-bond acceptors (Lipinski definition) is 2. The highest BCUT2D eigenvalue weighted by Gasteiger charge is 2.25. The molecule has 0 bridgehead atoms. The van der Waals surface area contributed by atoms with Crippen LogP contribution in [0, 0.1) is 0 Å². The minimum atomic E-state index is 0.865. The first-order valence-corrected chi connectivity index (χ1v) is 15.7. The van der Waals surface area contributed by atoms with Crippen molar-refractivity contribution < 1.29 is 4.42 Å². The van der Waals surface area contributed by atoms with Gasteiger partial charge < -0.3 is 9.32 Å². The Morgan fingerprint density at radius 3 is 1.91 bits per heavy atom. The van der Waals surface area contributed by atoms with Gasteiger partial charge in [-0.1, -0.05) is 146 Å². The van der Waals surface area contributed by atoms with Gasteiger partial charge in [0.05, 0.1) is 17.1 Å². The van der Waals surface area contributed by atoms with E-state index in [2.05, 4.69) is 175 Å². The monoisotopic (exact) mass is 587 g/mol. The molecule has 0 spiro atoms. The molecule has 0 unspecified atom stereocenters. The molecule has 0 radical (unpaired) electrons. The molecule has 1 heterocycles. The normalized spacial score (nSPS) is 11.5. The zero-order chi connectivity index (χ0) is 30.5. The third kappa shape index (κ3) is 4.27. The molecule has 0 fully saturated rings. The molecule has 1 aromatic heterocycles. The highest BCUT2D eigenvalue weighted by molar-refractivity contribution is 6.13. The van der Waals surface area contributed by atoms with Crippen LogP contribution in [0.5, 0.6) is 0 Å². The van der Waals surface area contributed by atoms with Crippen LogP contribution in [0.4, 0.5) is 17.1 Å². The van der Waals surface area contributed by atoms with Crippen molar-refractivity contribution in [2.45, 2.75) is 0 Å². The second-order valence-corrected chi connectivity index (χ2v) is 11.7. The summed E-state index contributed by atoms with van der Waals surface area (Å²) in [5.74, 6) is 0. The molecule has 216 valence electrons. The van der Waals surface area contributed by atoms with Crippen molar-refractivity contribution in [2.24, 2.45) is 0 Å². The lowest BCUT2D eigenvalue weighted by atomic mass is 9.93. The molecule has 2 nitrogen and oxygen atoms in total. The van der Waals surface area contributed by atoms with Gasteiger partial charge in [-0.25, -0.2) is 0 Å². The quantitative estimate of drug-likeness (QED) is 0.199. The second kappa shape index (κ2) is 10.8. The molecule has 8 aromatic carbocycles. The summed E-state index contributed by atoms with van der Waals surface area (Å²) >= 11 is 0. The zero-order valence-corrected chi connectivity index (χ0v) is 25.1. The van der Waals surface area contributed by atoms with E-state index in [9.17, 15) is 0 Å². The molecule has 2 heteroatoms. The SMILES string of the molecule is c1ccc(-c2ccccc2N(c2ccc3ccccc3c2-c2ccc3ccccc3c2)c2cccc3c2oc2ccccc23)cc1. The van der Waals surface area contributed by atoms with Gasteiger partial charge in [0.25, 0.3) is 0 Å². The molecule has 46 heavy (non-hydrogen) atoms. The maximum absolute atomic E-state index is 6.70. The summed E-state index contributed by atoms with van der Waals surface area (Å²) in [6, 6.07) is 62.8. The summed E-state index contributed by atoms with van der Waals surface area (Å²) < 4.78 is 6.70. The van der Waals surface area contributed by atoms with Gasteiger partial charge in [0.15, 0.2) is 5.58 Å². The van der Waals surface area contributed by atoms with E-state index in [-0.39, 0.29) is 0 Å². The molecule has 0 atom stereocenters. The largest absolute Gasteiger partial charge is 0.454 e. The lowest BCUT2D eigenvalue weighted by molar-refractivity contribution is 0.669. The van der Waals surface area contributed by atoms with Crippen molar-refractivity contribution in [2.75, 3.05) is 4.90 Å². The Hall–Kier alpha value is -6.12. The van der Waals surface area contributed by atoms with Gasteiger partial charge in [-0.3, -0.25) is 0 Å². The Morgan fingerprint density at radius 1 is 0.370 bits per heavy atom. The number of anilines is 3. The number of para-hydroxylation sites is 3. The fourth-order valence-electron chi connectivity index (χ4n) is 6.92. The third-order valence-electron chi connectivity index (χ3n) is 9.04. The predicted molar refractivity (Wildman–Crippen MR) is 194 cm³/mol. The molecule has 9 aromatic rings. The summed E-state index contributed by atoms with van der Waals surface area (Å²) in [5.41, 5.74) is 9.57. The Bertz CT molecular complexity index is 2540. The molecule has 0 saturated heterocycles. The lowest BCUT2D eigenvalue weighted by Gasteiger charge is -2.30. The van der Waals surface area contributed by atoms with E-state index in [1.54, 1.807) is 0 Å². The molecule has 0 aliphatic carbocycles. The summed E-state index contributed by atoms with van der Waals surface area (Å²) in [4.78, 5) is 2.41. The number of furan rings is 1. The highest BCUT2D eigenvalue weighted by Crippen LogP contribution is 2.49. The first kappa shape index (κ1) is 26.3. The number of rotatable bonds is 5. The molecule has 9 rings (SSSR count). The van der Waals surface area contributed by atoms with Gasteiger partial charge in [0, 0.05) is 21.9 Å². The average molecular weight is 588 g/mol. The van der Waals surface area contributed by atoms with Crippen LogP contribution in [0.2, 0.25) is 0 Å². The summed E-state index contributed by atoms with van der Waals surface area (Å²) in [5, 5.41) is 7.06. The minimum Gasteiger partial charge on any atom is -0.454 e. The third-order valence-corrected chi connectivity index (χ3v) is 9.04. The molecule has 0 saturated carbocycles. The molecule has 0 aliphatic heterocycles. The first-order valence-electron chi connectivity index (χ1n) is 15.7. The summed E-state index contributed by atoms with van der Waals surface area (Å²) in [6.07, 6.45) is 0. The van der Waals surface area contributed by atoms with Crippen LogP contribution in [0.1, 0.15) is 0 Å². The van der Waals surface area contributed by atoms with Crippen LogP contribution in [-0.4, -0.2) is 0 Å². The number of nitrogens with zero attached hydrogens (tertiary/aromatic N) is 1. The van der Waals surface area contributed by atoms with Crippen LogP contribution in [-0.2, 0) is 0 Å². The van der Waals surface area contributed by atoms with E-state index in [1.807, 2.05) is 6.07 Å². The summed E-state index contributed by atoms with van der Waals surface area (Å²) in [6.45, 7) is 0. The van der Waals surface area contributed by atoms with Crippen molar-refractivity contribution in [3.63, 3.8) is 0 Å². The van der Waals surface area contributed by atoms with Gasteiger partial charge in [-0.2, -0.15) is 0 Å². The van der Waals surface area contributed by atoms with Crippen LogP contribution in [0.15, 0.2) is 180 Å². The van der Waals surface area contributed by atoms with E-state index in [0.717, 1.165) is 50.1 Å². The Morgan fingerprint density at radius 2 is 1.02 bits per heavy atom. The maximum Gasteiger partial charge on any atom is 0.159 e. The molecular weight excluding hydrogens is 558 g/mol. The molecule has 0 N–H and O–H groups in total. The van der Waals surface area contributed by atoms with Gasteiger partial charge in [0.1, 0.15) is 5.58 Å². The number of hydrogen-bond donors (Lipinski definition) is 0. The van der Waals surface area contributed by atoms with E-state index in [1.165, 1.54) is 32.7 Å². The smallest absolute Gasteiger partial charge is 0.159 e. The van der Waals surface area contributed by atoms with E-state index in [4.69, 9.17) is 4.42 Å². The standard InChI is InChI=1S/C44H29NO/c1-2-14-31(15-3-1)35-18-8-10-22-39(35)45(41-23-12-21-38-37-20-9-11-24-42(37)46-44(38)41)40-28-27-32-16-6-7-19-36(32)43(40)34-26-25-30-13-4-5-17-33(30)29-34/h1-29H. The second-order valence-electron chi connectivity index (χ2n) is 11.7. The van der Waals surface area contributed by atoms with Crippen molar-refractivity contribution in [1.29, 1.82) is 0 Å². The zero-order valence-electron chi connectivity index (χ0n) is 25.1. The topological polar surface area (TPSA) is 16.4 Å². The number of benzene rings is 8. The predicted octanol–water partition coefficient (Wildman–Crippen LogP) is 12.7. The van der Waals surface area contributed by atoms with Gasteiger partial charge in [0.2, 0.25) is 0 Å². The molecule has 0 aliphatic rings. The Kier molecular flexibility index (Phi) is 6.17. The molecular formula is C44H29NO. The van der Waals surface area contributed by atoms with Crippen LogP contribution in [0.25, 0.3) is 65.7 Å². The van der Waals surface area contributed by atoms with Crippen LogP contribution in [0.3, 0.4) is 0 Å². The lowest BCUT2D eigenvalue weighted by Crippen LogP contribution is -2.13. The van der Waals surface area contributed by atoms with E-state index in [0.29, 0.717) is 0 Å². The van der Waals surface area contributed by atoms with E-state index >= 15 is 0 Å². The average Bonchev–Trinajstić information content (AvgIpc) is 3.51. The van der Waals surface area contributed by atoms with E-state index < -0.39 is 0 Å². The summed E-state index contributed by atoms with van der Waals surface area (Å²) in [7, 11) is 0. The highest BCUT2D eigenvalue weighted by atomic mass is 16.3. The fraction of sp³-hybridized carbons (Fsp3) is 0. The van der Waals surface area contributed by atoms with Gasteiger partial charge in [-0.15, -0.1) is 0 Å². The van der Waals surface area contributed by atoms with Crippen molar-refractivity contribution in [3.8, 4) is 22.3 Å². The fourth-order valence-corrected chi connectivity index (χ4v) is 6.92. The van der Waals surface area contributed by atoms with Crippen LogP contribution < -0.4 is 4.90 Å². The number of fused-ring (bicyclic) bond motifs is 5. The van der Waals surface area contributed by atoms with Gasteiger partial charge >= 0.3 is 0 Å². The van der Waals surface area contributed by atoms with Crippen LogP contribution >= 0.6 is 0 Å². The van der Waals surface area contributed by atoms with Crippen molar-refractivity contribution >= 4 is 60.5 Å². The Balaban J connectivity index is 1.41. The maximum atomic E-state index is 6.70. The minimum absolute atomic E-state index is 0.865. The first-order chi connectivity index (χ1) is 22.8. The molecule has 0 amide bonds.